The van der Waals surface area contributed by atoms with E-state index in [1.165, 1.54) is 18.3 Å². The lowest BCUT2D eigenvalue weighted by Gasteiger charge is -2.07. The molecule has 0 atom stereocenters. The summed E-state index contributed by atoms with van der Waals surface area (Å²) >= 11 is 5.92. The quantitative estimate of drug-likeness (QED) is 0.357. The minimum atomic E-state index is -0.717. The van der Waals surface area contributed by atoms with E-state index in [0.717, 1.165) is 11.6 Å². The lowest BCUT2D eigenvalue weighted by atomic mass is 10.2. The van der Waals surface area contributed by atoms with Gasteiger partial charge in [-0.2, -0.15) is 5.26 Å². The molecule has 126 valence electrons. The van der Waals surface area contributed by atoms with E-state index in [2.05, 4.69) is 10.6 Å². The molecular weight excluding hydrogens is 344 g/mol. The largest absolute Gasteiger partial charge is 0.386 e. The second kappa shape index (κ2) is 8.47. The van der Waals surface area contributed by atoms with E-state index in [0.29, 0.717) is 6.54 Å². The standard InChI is InChI=1S/C17H13ClN4O3/c18-15-7-6-14(22(24)25)8-16(15)21-17(23)13(9-19)11-20-10-12-4-2-1-3-5-12/h1-8,11,20H,10H2,(H,21,23)/b13-11-. The Labute approximate surface area is 148 Å². The van der Waals surface area contributed by atoms with E-state index >= 15 is 0 Å². The summed E-state index contributed by atoms with van der Waals surface area (Å²) in [6.07, 6.45) is 1.29. The van der Waals surface area contributed by atoms with E-state index < -0.39 is 10.8 Å². The fourth-order valence-electron chi connectivity index (χ4n) is 1.93. The van der Waals surface area contributed by atoms with Gasteiger partial charge in [-0.3, -0.25) is 14.9 Å². The predicted molar refractivity (Wildman–Crippen MR) is 93.7 cm³/mol. The Morgan fingerprint density at radius 3 is 2.64 bits per heavy atom. The third-order valence-electron chi connectivity index (χ3n) is 3.17. The molecule has 0 aliphatic rings. The van der Waals surface area contributed by atoms with Crippen molar-refractivity contribution in [2.45, 2.75) is 6.54 Å². The van der Waals surface area contributed by atoms with E-state index in [1.54, 1.807) is 6.07 Å². The molecule has 0 fully saturated rings. The molecule has 0 saturated heterocycles. The Morgan fingerprint density at radius 2 is 2.00 bits per heavy atom. The molecule has 2 aromatic carbocycles. The minimum absolute atomic E-state index is 0.0603. The number of non-ortho nitro benzene ring substituents is 1. The number of rotatable bonds is 6. The van der Waals surface area contributed by atoms with Gasteiger partial charge in [-0.15, -0.1) is 0 Å². The Bertz CT molecular complexity index is 860. The first kappa shape index (κ1) is 18.0. The molecule has 0 aliphatic heterocycles. The number of nitro benzene ring substituents is 1. The van der Waals surface area contributed by atoms with Crippen molar-refractivity contribution in [2.75, 3.05) is 5.32 Å². The average molecular weight is 357 g/mol. The maximum atomic E-state index is 12.1. The summed E-state index contributed by atoms with van der Waals surface area (Å²) in [7, 11) is 0. The molecule has 2 N–H and O–H groups in total. The molecule has 8 heteroatoms. The summed E-state index contributed by atoms with van der Waals surface area (Å²) < 4.78 is 0. The number of hydrogen-bond donors (Lipinski definition) is 2. The summed E-state index contributed by atoms with van der Waals surface area (Å²) in [6.45, 7) is 0.441. The highest BCUT2D eigenvalue weighted by Crippen LogP contribution is 2.26. The van der Waals surface area contributed by atoms with Crippen LogP contribution in [0.5, 0.6) is 0 Å². The average Bonchev–Trinajstić information content (AvgIpc) is 2.61. The van der Waals surface area contributed by atoms with Gasteiger partial charge >= 0.3 is 0 Å². The van der Waals surface area contributed by atoms with Crippen molar-refractivity contribution in [3.63, 3.8) is 0 Å². The normalized spacial score (nSPS) is 10.6. The van der Waals surface area contributed by atoms with Crippen LogP contribution in [0.1, 0.15) is 5.56 Å². The Hall–Kier alpha value is -3.37. The van der Waals surface area contributed by atoms with Crippen molar-refractivity contribution in [1.82, 2.24) is 5.32 Å². The summed E-state index contributed by atoms with van der Waals surface area (Å²) in [5.74, 6) is -0.717. The maximum absolute atomic E-state index is 12.1. The third kappa shape index (κ3) is 5.06. The van der Waals surface area contributed by atoms with E-state index in [-0.39, 0.29) is 22.0 Å². The van der Waals surface area contributed by atoms with Crippen molar-refractivity contribution in [3.8, 4) is 6.07 Å². The van der Waals surface area contributed by atoms with Gasteiger partial charge in [-0.25, -0.2) is 0 Å². The number of nitro groups is 1. The van der Waals surface area contributed by atoms with Crippen molar-refractivity contribution in [1.29, 1.82) is 5.26 Å². The monoisotopic (exact) mass is 356 g/mol. The number of carbonyl (C=O) groups excluding carboxylic acids is 1. The predicted octanol–water partition coefficient (Wildman–Crippen LogP) is 3.38. The number of halogens is 1. The zero-order chi connectivity index (χ0) is 18.2. The second-order valence-corrected chi connectivity index (χ2v) is 5.32. The maximum Gasteiger partial charge on any atom is 0.271 e. The number of amides is 1. The highest BCUT2D eigenvalue weighted by atomic mass is 35.5. The first-order valence-corrected chi connectivity index (χ1v) is 7.52. The molecule has 0 aliphatic carbocycles. The molecule has 0 saturated carbocycles. The molecule has 0 aromatic heterocycles. The molecule has 0 radical (unpaired) electrons. The summed E-state index contributed by atoms with van der Waals surface area (Å²) in [6, 6.07) is 14.9. The molecular formula is C17H13ClN4O3. The van der Waals surface area contributed by atoms with Crippen LogP contribution in [0.3, 0.4) is 0 Å². The van der Waals surface area contributed by atoms with Crippen LogP contribution in [0, 0.1) is 21.4 Å². The number of benzene rings is 2. The molecule has 0 unspecified atom stereocenters. The van der Waals surface area contributed by atoms with Crippen LogP contribution < -0.4 is 10.6 Å². The van der Waals surface area contributed by atoms with Gasteiger partial charge in [0.2, 0.25) is 0 Å². The first-order chi connectivity index (χ1) is 12.0. The highest BCUT2D eigenvalue weighted by Gasteiger charge is 2.14. The van der Waals surface area contributed by atoms with Crippen molar-refractivity contribution >= 4 is 28.9 Å². The Kier molecular flexibility index (Phi) is 6.09. The zero-order valence-electron chi connectivity index (χ0n) is 12.9. The number of nitrogens with zero attached hydrogens (tertiary/aromatic N) is 2. The molecule has 2 rings (SSSR count). The Morgan fingerprint density at radius 1 is 1.28 bits per heavy atom. The molecule has 0 heterocycles. The first-order valence-electron chi connectivity index (χ1n) is 7.14. The SMILES string of the molecule is N#C/C(=C/NCc1ccccc1)C(=O)Nc1cc([N+](=O)[O-])ccc1Cl. The van der Waals surface area contributed by atoms with Gasteiger partial charge in [-0.05, 0) is 11.6 Å². The molecule has 7 nitrogen and oxygen atoms in total. The number of nitrogens with one attached hydrogen (secondary N) is 2. The van der Waals surface area contributed by atoms with E-state index in [1.807, 2.05) is 30.3 Å². The fraction of sp³-hybridized carbons (Fsp3) is 0.0588. The molecule has 2 aromatic rings. The van der Waals surface area contributed by atoms with Gasteiger partial charge in [0.25, 0.3) is 11.6 Å². The zero-order valence-corrected chi connectivity index (χ0v) is 13.7. The van der Waals surface area contributed by atoms with Gasteiger partial charge < -0.3 is 10.6 Å². The summed E-state index contributed by atoms with van der Waals surface area (Å²) in [5, 5.41) is 25.3. The van der Waals surface area contributed by atoms with E-state index in [9.17, 15) is 14.9 Å². The van der Waals surface area contributed by atoms with Crippen LogP contribution in [0.2, 0.25) is 5.02 Å². The molecule has 0 bridgehead atoms. The lowest BCUT2D eigenvalue weighted by Crippen LogP contribution is -2.17. The van der Waals surface area contributed by atoms with E-state index in [4.69, 9.17) is 16.9 Å². The second-order valence-electron chi connectivity index (χ2n) is 4.91. The Balaban J connectivity index is 2.07. The molecule has 0 spiro atoms. The van der Waals surface area contributed by atoms with Crippen LogP contribution in [0.4, 0.5) is 11.4 Å². The van der Waals surface area contributed by atoms with Crippen molar-refractivity contribution in [2.24, 2.45) is 0 Å². The molecule has 1 amide bonds. The van der Waals surface area contributed by atoms with Crippen LogP contribution in [0.15, 0.2) is 60.3 Å². The van der Waals surface area contributed by atoms with Crippen LogP contribution in [0.25, 0.3) is 0 Å². The van der Waals surface area contributed by atoms with Crippen molar-refractivity contribution in [3.05, 3.63) is 81.0 Å². The summed E-state index contributed by atoms with van der Waals surface area (Å²) in [4.78, 5) is 22.3. The van der Waals surface area contributed by atoms with Gasteiger partial charge in [0.05, 0.1) is 15.6 Å². The third-order valence-corrected chi connectivity index (χ3v) is 3.50. The number of nitriles is 1. The smallest absolute Gasteiger partial charge is 0.271 e. The van der Waals surface area contributed by atoms with Crippen molar-refractivity contribution < 1.29 is 9.72 Å². The number of hydrogen-bond acceptors (Lipinski definition) is 5. The number of carbonyl (C=O) groups is 1. The lowest BCUT2D eigenvalue weighted by molar-refractivity contribution is -0.384. The minimum Gasteiger partial charge on any atom is -0.386 e. The van der Waals surface area contributed by atoms with Gasteiger partial charge in [0, 0.05) is 24.9 Å². The van der Waals surface area contributed by atoms with Gasteiger partial charge in [0.15, 0.2) is 0 Å². The van der Waals surface area contributed by atoms with Gasteiger partial charge in [0.1, 0.15) is 11.6 Å². The van der Waals surface area contributed by atoms with Crippen LogP contribution in [-0.4, -0.2) is 10.8 Å². The highest BCUT2D eigenvalue weighted by molar-refractivity contribution is 6.34. The van der Waals surface area contributed by atoms with Crippen LogP contribution >= 0.6 is 11.6 Å². The molecule has 25 heavy (non-hydrogen) atoms. The number of anilines is 1. The van der Waals surface area contributed by atoms with Gasteiger partial charge in [-0.1, -0.05) is 41.9 Å². The van der Waals surface area contributed by atoms with Crippen LogP contribution in [-0.2, 0) is 11.3 Å². The fourth-order valence-corrected chi connectivity index (χ4v) is 2.09. The topological polar surface area (TPSA) is 108 Å². The summed E-state index contributed by atoms with van der Waals surface area (Å²) in [5.41, 5.74) is 0.645.